The number of hydrogen-bond donors (Lipinski definition) is 5. The fraction of sp³-hybridized carbons (Fsp3) is 0.593. The molecule has 0 aromatic heterocycles. The van der Waals surface area contributed by atoms with Gasteiger partial charge in [-0.3, -0.25) is 14.4 Å². The first-order valence-electron chi connectivity index (χ1n) is 12.9. The van der Waals surface area contributed by atoms with Gasteiger partial charge in [0.15, 0.2) is 6.10 Å². The fourth-order valence-corrected chi connectivity index (χ4v) is 4.68. The average Bonchev–Trinajstić information content (AvgIpc) is 3.09. The minimum atomic E-state index is -1.77. The van der Waals surface area contributed by atoms with E-state index in [0.29, 0.717) is 6.42 Å². The van der Waals surface area contributed by atoms with E-state index in [0.717, 1.165) is 37.7 Å². The molecule has 1 saturated carbocycles. The molecule has 0 unspecified atom stereocenters. The standard InChI is InChI=1S/C27H38N2O8/c1-36-24(23(32)22(31)21(30)15-12-17-8-4-2-5-9-17)26(34)29-20-14-13-19(16-28-25(20)33)37-27(35)18-10-6-3-7-11-18/h2,4-5,8-9,12,15,18-24,30-32H,3,6-7,10-11,13-14,16H2,1H3,(H,28,33)(H,29,34)/t19-,20+,21-,22+,23-,24-/m1/s1. The number of aliphatic hydroxyl groups is 3. The molecule has 1 aliphatic heterocycles. The topological polar surface area (TPSA) is 154 Å². The third kappa shape index (κ3) is 8.36. The van der Waals surface area contributed by atoms with Crippen molar-refractivity contribution < 1.29 is 39.2 Å². The smallest absolute Gasteiger partial charge is 0.309 e. The molecule has 1 heterocycles. The van der Waals surface area contributed by atoms with Crippen molar-refractivity contribution in [2.45, 2.75) is 81.5 Å². The summed E-state index contributed by atoms with van der Waals surface area (Å²) in [5, 5.41) is 36.5. The predicted octanol–water partition coefficient (Wildman–Crippen LogP) is 0.684. The Kier molecular flexibility index (Phi) is 11.1. The number of ether oxygens (including phenoxy) is 2. The Morgan fingerprint density at radius 2 is 1.73 bits per heavy atom. The zero-order valence-electron chi connectivity index (χ0n) is 21.1. The second-order valence-corrected chi connectivity index (χ2v) is 9.68. The Morgan fingerprint density at radius 3 is 2.41 bits per heavy atom. The number of aliphatic hydroxyl groups excluding tert-OH is 3. The van der Waals surface area contributed by atoms with Gasteiger partial charge >= 0.3 is 5.97 Å². The third-order valence-electron chi connectivity index (χ3n) is 6.94. The molecule has 2 amide bonds. The second-order valence-electron chi connectivity index (χ2n) is 9.68. The SMILES string of the molecule is CO[C@@H](C(=O)N[C@H]1CC[C@@H](OC(=O)C2CCCCC2)CNC1=O)[C@H](O)[C@@H](O)[C@H](O)C=Cc1ccccc1. The van der Waals surface area contributed by atoms with Gasteiger partial charge in [-0.15, -0.1) is 0 Å². The van der Waals surface area contributed by atoms with Gasteiger partial charge in [-0.25, -0.2) is 0 Å². The molecule has 1 aliphatic carbocycles. The molecule has 3 rings (SSSR count). The van der Waals surface area contributed by atoms with Gasteiger partial charge in [-0.2, -0.15) is 0 Å². The van der Waals surface area contributed by atoms with Crippen LogP contribution >= 0.6 is 0 Å². The molecule has 1 aromatic rings. The fourth-order valence-electron chi connectivity index (χ4n) is 4.68. The van der Waals surface area contributed by atoms with Crippen molar-refractivity contribution in [1.29, 1.82) is 0 Å². The molecule has 1 saturated heterocycles. The quantitative estimate of drug-likeness (QED) is 0.283. The molecule has 2 fully saturated rings. The van der Waals surface area contributed by atoms with E-state index in [9.17, 15) is 29.7 Å². The normalized spacial score (nSPS) is 24.4. The lowest BCUT2D eigenvalue weighted by molar-refractivity contribution is -0.155. The van der Waals surface area contributed by atoms with Crippen molar-refractivity contribution in [3.8, 4) is 0 Å². The van der Waals surface area contributed by atoms with E-state index >= 15 is 0 Å². The van der Waals surface area contributed by atoms with Gasteiger partial charge in [-0.05, 0) is 31.2 Å². The molecule has 2 aliphatic rings. The summed E-state index contributed by atoms with van der Waals surface area (Å²) < 4.78 is 10.7. The van der Waals surface area contributed by atoms with Crippen LogP contribution in [-0.2, 0) is 23.9 Å². The Labute approximate surface area is 217 Å². The van der Waals surface area contributed by atoms with Crippen LogP contribution < -0.4 is 10.6 Å². The van der Waals surface area contributed by atoms with Crippen LogP contribution in [0.3, 0.4) is 0 Å². The van der Waals surface area contributed by atoms with Crippen LogP contribution in [0.15, 0.2) is 36.4 Å². The second kappa shape index (κ2) is 14.2. The number of carbonyl (C=O) groups is 3. The van der Waals surface area contributed by atoms with Crippen molar-refractivity contribution >= 4 is 23.9 Å². The van der Waals surface area contributed by atoms with E-state index in [2.05, 4.69) is 10.6 Å². The van der Waals surface area contributed by atoms with E-state index in [-0.39, 0.29) is 24.9 Å². The van der Waals surface area contributed by atoms with E-state index in [1.165, 1.54) is 13.2 Å². The van der Waals surface area contributed by atoms with Gasteiger partial charge < -0.3 is 35.4 Å². The lowest BCUT2D eigenvalue weighted by atomic mass is 9.89. The zero-order valence-corrected chi connectivity index (χ0v) is 21.1. The Balaban J connectivity index is 1.52. The molecule has 37 heavy (non-hydrogen) atoms. The Morgan fingerprint density at radius 1 is 1.03 bits per heavy atom. The lowest BCUT2D eigenvalue weighted by Gasteiger charge is -2.28. The lowest BCUT2D eigenvalue weighted by Crippen LogP contribution is -2.55. The van der Waals surface area contributed by atoms with Crippen LogP contribution in [-0.4, -0.2) is 83.3 Å². The van der Waals surface area contributed by atoms with Gasteiger partial charge in [-0.1, -0.05) is 61.7 Å². The highest BCUT2D eigenvalue weighted by atomic mass is 16.5. The largest absolute Gasteiger partial charge is 0.460 e. The number of amides is 2. The number of hydrogen-bond acceptors (Lipinski definition) is 8. The van der Waals surface area contributed by atoms with Crippen LogP contribution in [0.25, 0.3) is 6.08 Å². The molecule has 6 atom stereocenters. The summed E-state index contributed by atoms with van der Waals surface area (Å²) in [5.41, 5.74) is 0.784. The highest BCUT2D eigenvalue weighted by molar-refractivity contribution is 5.89. The molecular formula is C27H38N2O8. The highest BCUT2D eigenvalue weighted by Crippen LogP contribution is 2.25. The van der Waals surface area contributed by atoms with Crippen LogP contribution in [0.5, 0.6) is 0 Å². The molecular weight excluding hydrogens is 480 g/mol. The van der Waals surface area contributed by atoms with E-state index in [4.69, 9.17) is 9.47 Å². The monoisotopic (exact) mass is 518 g/mol. The molecule has 0 spiro atoms. The first kappa shape index (κ1) is 28.8. The summed E-state index contributed by atoms with van der Waals surface area (Å²) in [6.45, 7) is 0.151. The summed E-state index contributed by atoms with van der Waals surface area (Å²) in [7, 11) is 1.18. The summed E-state index contributed by atoms with van der Waals surface area (Å²) in [4.78, 5) is 37.9. The van der Waals surface area contributed by atoms with Gasteiger partial charge in [0.1, 0.15) is 30.5 Å². The molecule has 10 nitrogen and oxygen atoms in total. The first-order valence-corrected chi connectivity index (χ1v) is 12.9. The number of esters is 1. The maximum absolute atomic E-state index is 12.8. The van der Waals surface area contributed by atoms with Crippen LogP contribution in [0.4, 0.5) is 0 Å². The Hall–Kier alpha value is -2.79. The maximum atomic E-state index is 12.8. The number of nitrogens with one attached hydrogen (secondary N) is 2. The highest BCUT2D eigenvalue weighted by Gasteiger charge is 2.37. The number of methoxy groups -OCH3 is 1. The number of rotatable bonds is 10. The van der Waals surface area contributed by atoms with Crippen molar-refractivity contribution in [2.24, 2.45) is 5.92 Å². The number of carbonyl (C=O) groups excluding carboxylic acids is 3. The van der Waals surface area contributed by atoms with Crippen molar-refractivity contribution in [2.75, 3.05) is 13.7 Å². The van der Waals surface area contributed by atoms with Gasteiger partial charge in [0.05, 0.1) is 12.5 Å². The van der Waals surface area contributed by atoms with E-state index < -0.39 is 48.4 Å². The van der Waals surface area contributed by atoms with Crippen molar-refractivity contribution in [1.82, 2.24) is 10.6 Å². The van der Waals surface area contributed by atoms with Gasteiger partial charge in [0, 0.05) is 7.11 Å². The molecule has 0 radical (unpaired) electrons. The van der Waals surface area contributed by atoms with Crippen molar-refractivity contribution in [3.05, 3.63) is 42.0 Å². The number of benzene rings is 1. The van der Waals surface area contributed by atoms with Crippen LogP contribution in [0.2, 0.25) is 0 Å². The van der Waals surface area contributed by atoms with Crippen LogP contribution in [0.1, 0.15) is 50.5 Å². The van der Waals surface area contributed by atoms with Crippen LogP contribution in [0, 0.1) is 5.92 Å². The van der Waals surface area contributed by atoms with E-state index in [1.807, 2.05) is 18.2 Å². The summed E-state index contributed by atoms with van der Waals surface area (Å²) in [6.07, 6.45) is 1.28. The van der Waals surface area contributed by atoms with Gasteiger partial charge in [0.2, 0.25) is 5.91 Å². The first-order chi connectivity index (χ1) is 17.8. The average molecular weight is 519 g/mol. The third-order valence-corrected chi connectivity index (χ3v) is 6.94. The molecule has 0 bridgehead atoms. The summed E-state index contributed by atoms with van der Waals surface area (Å²) >= 11 is 0. The zero-order chi connectivity index (χ0) is 26.8. The predicted molar refractivity (Wildman–Crippen MR) is 135 cm³/mol. The molecule has 1 aromatic carbocycles. The Bertz CT molecular complexity index is 918. The van der Waals surface area contributed by atoms with E-state index in [1.54, 1.807) is 18.2 Å². The van der Waals surface area contributed by atoms with Gasteiger partial charge in [0.25, 0.3) is 5.91 Å². The molecule has 5 N–H and O–H groups in total. The molecule has 204 valence electrons. The van der Waals surface area contributed by atoms with Crippen molar-refractivity contribution in [3.63, 3.8) is 0 Å². The molecule has 10 heteroatoms. The minimum absolute atomic E-state index is 0.100. The summed E-state index contributed by atoms with van der Waals surface area (Å²) in [6, 6.07) is 8.14. The summed E-state index contributed by atoms with van der Waals surface area (Å²) in [5.74, 6) is -1.60. The minimum Gasteiger partial charge on any atom is -0.460 e. The maximum Gasteiger partial charge on any atom is 0.309 e.